The molecule has 30 heavy (non-hydrogen) atoms. The van der Waals surface area contributed by atoms with Gasteiger partial charge in [-0.1, -0.05) is 19.1 Å². The first kappa shape index (κ1) is 20.3. The Morgan fingerprint density at radius 1 is 1.23 bits per heavy atom. The minimum atomic E-state index is -0.946. The molecule has 2 fully saturated rings. The van der Waals surface area contributed by atoms with Crippen LogP contribution in [0.1, 0.15) is 31.4 Å². The van der Waals surface area contributed by atoms with Crippen LogP contribution in [-0.2, 0) is 16.1 Å². The van der Waals surface area contributed by atoms with Crippen LogP contribution in [0.2, 0.25) is 0 Å². The molecule has 1 unspecified atom stereocenters. The Bertz CT molecular complexity index is 961. The number of aryl methyl sites for hydroxylation is 1. The summed E-state index contributed by atoms with van der Waals surface area (Å²) in [5.41, 5.74) is 0.385. The Kier molecular flexibility index (Phi) is 5.17. The van der Waals surface area contributed by atoms with Crippen molar-refractivity contribution in [1.82, 2.24) is 20.0 Å². The molecule has 7 nitrogen and oxygen atoms in total. The highest BCUT2D eigenvalue weighted by Gasteiger charge is 2.60. The molecular formula is C22H26FN5O2. The van der Waals surface area contributed by atoms with E-state index in [0.29, 0.717) is 24.5 Å². The number of carbonyl (C=O) groups is 2. The van der Waals surface area contributed by atoms with Crippen molar-refractivity contribution in [1.29, 1.82) is 0 Å². The molecule has 3 heterocycles. The zero-order chi connectivity index (χ0) is 21.5. The number of aromatic nitrogens is 2. The molecule has 0 aliphatic carbocycles. The molecule has 1 spiro atoms. The number of nitrogens with zero attached hydrogens (tertiary/aromatic N) is 5. The minimum Gasteiger partial charge on any atom is -0.349 e. The second-order valence-electron chi connectivity index (χ2n) is 8.22. The number of piperazine rings is 1. The van der Waals surface area contributed by atoms with E-state index in [-0.39, 0.29) is 36.8 Å². The van der Waals surface area contributed by atoms with Crippen molar-refractivity contribution in [3.63, 3.8) is 0 Å². The number of benzene rings is 1. The number of halogens is 1. The molecule has 1 aromatic carbocycles. The van der Waals surface area contributed by atoms with Gasteiger partial charge in [-0.2, -0.15) is 5.10 Å². The SMILES string of the molecule is CCC(C)N1CC(=O)N(Cc2ccc(F)c(C)c2)C2(CN(c3cccnn3)C2)C1=O. The van der Waals surface area contributed by atoms with Crippen LogP contribution in [0.15, 0.2) is 36.5 Å². The van der Waals surface area contributed by atoms with E-state index in [2.05, 4.69) is 10.2 Å². The average Bonchev–Trinajstić information content (AvgIpc) is 2.72. The zero-order valence-electron chi connectivity index (χ0n) is 17.5. The molecule has 0 radical (unpaired) electrons. The molecule has 2 aromatic rings. The van der Waals surface area contributed by atoms with Crippen molar-refractivity contribution in [3.8, 4) is 0 Å². The van der Waals surface area contributed by atoms with E-state index < -0.39 is 5.54 Å². The molecule has 4 rings (SSSR count). The predicted molar refractivity (Wildman–Crippen MR) is 110 cm³/mol. The maximum atomic E-state index is 13.7. The summed E-state index contributed by atoms with van der Waals surface area (Å²) in [7, 11) is 0. The van der Waals surface area contributed by atoms with Gasteiger partial charge in [0.15, 0.2) is 11.4 Å². The van der Waals surface area contributed by atoms with Crippen molar-refractivity contribution < 1.29 is 14.0 Å². The maximum absolute atomic E-state index is 13.7. The topological polar surface area (TPSA) is 69.6 Å². The maximum Gasteiger partial charge on any atom is 0.252 e. The van der Waals surface area contributed by atoms with E-state index in [4.69, 9.17) is 0 Å². The quantitative estimate of drug-likeness (QED) is 0.754. The molecule has 0 bridgehead atoms. The summed E-state index contributed by atoms with van der Waals surface area (Å²) >= 11 is 0. The second kappa shape index (κ2) is 7.66. The van der Waals surface area contributed by atoms with E-state index in [1.165, 1.54) is 6.07 Å². The summed E-state index contributed by atoms with van der Waals surface area (Å²) in [4.78, 5) is 32.1. The van der Waals surface area contributed by atoms with Gasteiger partial charge in [0.05, 0.1) is 13.1 Å². The van der Waals surface area contributed by atoms with E-state index in [9.17, 15) is 14.0 Å². The van der Waals surface area contributed by atoms with Gasteiger partial charge in [0.2, 0.25) is 5.91 Å². The summed E-state index contributed by atoms with van der Waals surface area (Å²) < 4.78 is 13.7. The van der Waals surface area contributed by atoms with Gasteiger partial charge in [0.25, 0.3) is 5.91 Å². The standard InChI is InChI=1S/C22H26FN5O2/c1-4-16(3)27-12-20(29)28(11-17-7-8-18(23)15(2)10-17)22(21(27)30)13-26(14-22)19-6-5-9-24-25-19/h5-10,16H,4,11-14H2,1-3H3. The zero-order valence-corrected chi connectivity index (χ0v) is 17.5. The first-order valence-corrected chi connectivity index (χ1v) is 10.2. The monoisotopic (exact) mass is 411 g/mol. The fraction of sp³-hybridized carbons (Fsp3) is 0.455. The van der Waals surface area contributed by atoms with Gasteiger partial charge >= 0.3 is 0 Å². The van der Waals surface area contributed by atoms with E-state index in [1.54, 1.807) is 41.1 Å². The predicted octanol–water partition coefficient (Wildman–Crippen LogP) is 2.15. The number of hydrogen-bond acceptors (Lipinski definition) is 5. The van der Waals surface area contributed by atoms with Gasteiger partial charge in [0.1, 0.15) is 12.4 Å². The molecule has 2 aliphatic heterocycles. The number of rotatable bonds is 5. The Balaban J connectivity index is 1.65. The highest BCUT2D eigenvalue weighted by molar-refractivity contribution is 6.00. The van der Waals surface area contributed by atoms with Gasteiger partial charge in [-0.25, -0.2) is 4.39 Å². The van der Waals surface area contributed by atoms with Gasteiger partial charge in [-0.15, -0.1) is 5.10 Å². The molecular weight excluding hydrogens is 385 g/mol. The Morgan fingerprint density at radius 3 is 2.63 bits per heavy atom. The number of amides is 2. The van der Waals surface area contributed by atoms with Crippen molar-refractivity contribution in [3.05, 3.63) is 53.5 Å². The minimum absolute atomic E-state index is 0.0147. The molecule has 8 heteroatoms. The largest absolute Gasteiger partial charge is 0.349 e. The molecule has 0 saturated carbocycles. The van der Waals surface area contributed by atoms with E-state index >= 15 is 0 Å². The lowest BCUT2D eigenvalue weighted by Crippen LogP contribution is -2.81. The third kappa shape index (κ3) is 3.30. The summed E-state index contributed by atoms with van der Waals surface area (Å²) in [5.74, 6) is 0.280. The van der Waals surface area contributed by atoms with Crippen LogP contribution >= 0.6 is 0 Å². The van der Waals surface area contributed by atoms with Gasteiger partial charge in [-0.3, -0.25) is 9.59 Å². The molecule has 158 valence electrons. The Hall–Kier alpha value is -3.03. The van der Waals surface area contributed by atoms with Gasteiger partial charge in [0, 0.05) is 18.8 Å². The van der Waals surface area contributed by atoms with Crippen molar-refractivity contribution in [2.24, 2.45) is 0 Å². The van der Waals surface area contributed by atoms with E-state index in [1.807, 2.05) is 24.8 Å². The van der Waals surface area contributed by atoms with Crippen LogP contribution in [0, 0.1) is 12.7 Å². The third-order valence-electron chi connectivity index (χ3n) is 6.26. The molecule has 2 saturated heterocycles. The van der Waals surface area contributed by atoms with Gasteiger partial charge in [-0.05, 0) is 49.6 Å². The van der Waals surface area contributed by atoms with Crippen LogP contribution in [-0.4, -0.2) is 63.0 Å². The van der Waals surface area contributed by atoms with Crippen LogP contribution < -0.4 is 4.90 Å². The summed E-state index contributed by atoms with van der Waals surface area (Å²) in [6.07, 6.45) is 2.38. The summed E-state index contributed by atoms with van der Waals surface area (Å²) in [5, 5.41) is 8.04. The Morgan fingerprint density at radius 2 is 2.00 bits per heavy atom. The second-order valence-corrected chi connectivity index (χ2v) is 8.22. The van der Waals surface area contributed by atoms with Crippen molar-refractivity contribution in [2.45, 2.75) is 45.3 Å². The smallest absolute Gasteiger partial charge is 0.252 e. The van der Waals surface area contributed by atoms with Gasteiger partial charge < -0.3 is 14.7 Å². The summed E-state index contributed by atoms with van der Waals surface area (Å²) in [6.45, 7) is 6.75. The molecule has 2 aliphatic rings. The van der Waals surface area contributed by atoms with Crippen molar-refractivity contribution in [2.75, 3.05) is 24.5 Å². The number of anilines is 1. The molecule has 1 atom stereocenters. The van der Waals surface area contributed by atoms with Crippen LogP contribution in [0.5, 0.6) is 0 Å². The molecule has 1 aromatic heterocycles. The first-order valence-electron chi connectivity index (χ1n) is 10.2. The summed E-state index contributed by atoms with van der Waals surface area (Å²) in [6, 6.07) is 8.44. The van der Waals surface area contributed by atoms with Crippen LogP contribution in [0.4, 0.5) is 10.2 Å². The molecule has 0 N–H and O–H groups in total. The van der Waals surface area contributed by atoms with Crippen LogP contribution in [0.25, 0.3) is 0 Å². The van der Waals surface area contributed by atoms with Crippen molar-refractivity contribution >= 4 is 17.6 Å². The van der Waals surface area contributed by atoms with E-state index in [0.717, 1.165) is 12.0 Å². The number of hydrogen-bond donors (Lipinski definition) is 0. The fourth-order valence-corrected chi connectivity index (χ4v) is 4.24. The highest BCUT2D eigenvalue weighted by atomic mass is 19.1. The fourth-order valence-electron chi connectivity index (χ4n) is 4.24. The lowest BCUT2D eigenvalue weighted by atomic mass is 9.82. The molecule has 2 amide bonds. The first-order chi connectivity index (χ1) is 14.4. The number of carbonyl (C=O) groups excluding carboxylic acids is 2. The lowest BCUT2D eigenvalue weighted by Gasteiger charge is -2.59. The average molecular weight is 411 g/mol. The van der Waals surface area contributed by atoms with Crippen LogP contribution in [0.3, 0.4) is 0 Å². The Labute approximate surface area is 175 Å². The normalized spacial score (nSPS) is 19.3. The highest BCUT2D eigenvalue weighted by Crippen LogP contribution is 2.37. The third-order valence-corrected chi connectivity index (χ3v) is 6.26. The lowest BCUT2D eigenvalue weighted by molar-refractivity contribution is -0.170.